The van der Waals surface area contributed by atoms with Crippen LogP contribution in [0.4, 0.5) is 0 Å². The van der Waals surface area contributed by atoms with E-state index >= 15 is 0 Å². The van der Waals surface area contributed by atoms with E-state index in [1.54, 1.807) is 6.20 Å². The Kier molecular flexibility index (Phi) is 2.58. The first-order valence-electron chi connectivity index (χ1n) is 7.00. The topological polar surface area (TPSA) is 91.4 Å². The first-order chi connectivity index (χ1) is 10.1. The van der Waals surface area contributed by atoms with E-state index in [9.17, 15) is 14.4 Å². The highest BCUT2D eigenvalue weighted by atomic mass is 16.2. The van der Waals surface area contributed by atoms with Crippen molar-refractivity contribution in [2.24, 2.45) is 0 Å². The molecule has 1 fully saturated rings. The molecule has 108 valence electrons. The fourth-order valence-electron chi connectivity index (χ4n) is 3.29. The molecule has 0 spiro atoms. The summed E-state index contributed by atoms with van der Waals surface area (Å²) >= 11 is 0. The minimum Gasteiger partial charge on any atom is -0.321 e. The van der Waals surface area contributed by atoms with Crippen LogP contribution < -0.4 is 10.6 Å². The molecule has 0 saturated carbocycles. The molecule has 0 radical (unpaired) electrons. The SMILES string of the molecule is O=C1CCC(N2Cc3c(ncc4c3CNC4)C2=O)C(=O)N1. The summed E-state index contributed by atoms with van der Waals surface area (Å²) in [6.45, 7) is 1.90. The van der Waals surface area contributed by atoms with Crippen molar-refractivity contribution in [3.05, 3.63) is 28.6 Å². The number of rotatable bonds is 1. The van der Waals surface area contributed by atoms with Crippen LogP contribution in [0.5, 0.6) is 0 Å². The lowest BCUT2D eigenvalue weighted by molar-refractivity contribution is -0.136. The molecule has 1 atom stereocenters. The Morgan fingerprint density at radius 2 is 2.05 bits per heavy atom. The van der Waals surface area contributed by atoms with Crippen LogP contribution in [0.1, 0.15) is 40.0 Å². The number of imide groups is 1. The number of carbonyl (C=O) groups excluding carboxylic acids is 3. The van der Waals surface area contributed by atoms with Crippen molar-refractivity contribution in [2.75, 3.05) is 0 Å². The van der Waals surface area contributed by atoms with Crippen molar-refractivity contribution in [1.82, 2.24) is 20.5 Å². The molecule has 3 aliphatic rings. The van der Waals surface area contributed by atoms with Crippen LogP contribution in [-0.2, 0) is 29.2 Å². The number of carbonyl (C=O) groups is 3. The third-order valence-electron chi connectivity index (χ3n) is 4.38. The maximum Gasteiger partial charge on any atom is 0.273 e. The normalized spacial score (nSPS) is 24.1. The van der Waals surface area contributed by atoms with Crippen LogP contribution >= 0.6 is 0 Å². The van der Waals surface area contributed by atoms with E-state index in [-0.39, 0.29) is 24.1 Å². The number of amides is 3. The molecule has 7 nitrogen and oxygen atoms in total. The number of nitrogens with one attached hydrogen (secondary N) is 2. The largest absolute Gasteiger partial charge is 0.321 e. The number of hydrogen-bond acceptors (Lipinski definition) is 5. The molecule has 4 rings (SSSR count). The van der Waals surface area contributed by atoms with Gasteiger partial charge in [-0.2, -0.15) is 0 Å². The maximum absolute atomic E-state index is 12.5. The van der Waals surface area contributed by atoms with Gasteiger partial charge in [0.2, 0.25) is 11.8 Å². The highest BCUT2D eigenvalue weighted by Crippen LogP contribution is 2.31. The Labute approximate surface area is 120 Å². The number of fused-ring (bicyclic) bond motifs is 3. The van der Waals surface area contributed by atoms with Crippen LogP contribution in [0.3, 0.4) is 0 Å². The van der Waals surface area contributed by atoms with Gasteiger partial charge >= 0.3 is 0 Å². The van der Waals surface area contributed by atoms with E-state index in [0.29, 0.717) is 18.7 Å². The summed E-state index contributed by atoms with van der Waals surface area (Å²) in [5, 5.41) is 5.55. The summed E-state index contributed by atoms with van der Waals surface area (Å²) in [7, 11) is 0. The van der Waals surface area contributed by atoms with Gasteiger partial charge in [0.25, 0.3) is 5.91 Å². The van der Waals surface area contributed by atoms with Gasteiger partial charge in [0.1, 0.15) is 11.7 Å². The summed E-state index contributed by atoms with van der Waals surface area (Å²) in [6.07, 6.45) is 2.38. The average molecular weight is 286 g/mol. The lowest BCUT2D eigenvalue weighted by Crippen LogP contribution is -2.52. The third kappa shape index (κ3) is 1.77. The Balaban J connectivity index is 1.67. The molecule has 3 aliphatic heterocycles. The zero-order chi connectivity index (χ0) is 14.6. The first-order valence-corrected chi connectivity index (χ1v) is 7.00. The molecule has 4 heterocycles. The number of aromatic nitrogens is 1. The van der Waals surface area contributed by atoms with Crippen LogP contribution in [0, 0.1) is 0 Å². The lowest BCUT2D eigenvalue weighted by Gasteiger charge is -2.29. The van der Waals surface area contributed by atoms with Crippen molar-refractivity contribution in [3.63, 3.8) is 0 Å². The second-order valence-corrected chi connectivity index (χ2v) is 5.59. The fraction of sp³-hybridized carbons (Fsp3) is 0.429. The Morgan fingerprint density at radius 1 is 1.19 bits per heavy atom. The van der Waals surface area contributed by atoms with E-state index in [1.807, 2.05) is 0 Å². The van der Waals surface area contributed by atoms with E-state index in [0.717, 1.165) is 29.8 Å². The molecule has 7 heteroatoms. The molecule has 2 N–H and O–H groups in total. The van der Waals surface area contributed by atoms with Crippen molar-refractivity contribution < 1.29 is 14.4 Å². The molecule has 3 amide bonds. The molecule has 1 aromatic rings. The molecule has 0 aromatic carbocycles. The summed E-state index contributed by atoms with van der Waals surface area (Å²) < 4.78 is 0. The number of piperidine rings is 1. The molecule has 0 aliphatic carbocycles. The number of nitrogens with zero attached hydrogens (tertiary/aromatic N) is 2. The molecule has 1 aromatic heterocycles. The second kappa shape index (κ2) is 4.36. The Bertz CT molecular complexity index is 685. The second-order valence-electron chi connectivity index (χ2n) is 5.59. The van der Waals surface area contributed by atoms with Crippen molar-refractivity contribution in [1.29, 1.82) is 0 Å². The Hall–Kier alpha value is -2.28. The predicted octanol–water partition coefficient (Wildman–Crippen LogP) is -0.554. The molecule has 1 saturated heterocycles. The van der Waals surface area contributed by atoms with Gasteiger partial charge in [0.05, 0.1) is 0 Å². The summed E-state index contributed by atoms with van der Waals surface area (Å²) in [5.74, 6) is -0.875. The van der Waals surface area contributed by atoms with E-state index in [2.05, 4.69) is 15.6 Å². The smallest absolute Gasteiger partial charge is 0.273 e. The van der Waals surface area contributed by atoms with E-state index < -0.39 is 6.04 Å². The molecular weight excluding hydrogens is 272 g/mol. The van der Waals surface area contributed by atoms with Crippen molar-refractivity contribution in [3.8, 4) is 0 Å². The van der Waals surface area contributed by atoms with Gasteiger partial charge in [-0.25, -0.2) is 0 Å². The highest BCUT2D eigenvalue weighted by molar-refractivity contribution is 6.04. The number of hydrogen-bond donors (Lipinski definition) is 2. The van der Waals surface area contributed by atoms with Gasteiger partial charge < -0.3 is 10.2 Å². The Morgan fingerprint density at radius 3 is 2.86 bits per heavy atom. The van der Waals surface area contributed by atoms with Crippen molar-refractivity contribution >= 4 is 17.7 Å². The fourth-order valence-corrected chi connectivity index (χ4v) is 3.29. The minimum atomic E-state index is -0.575. The van der Waals surface area contributed by atoms with Gasteiger partial charge in [-0.15, -0.1) is 0 Å². The standard InChI is InChI=1S/C14H14N4O3/c19-11-2-1-10(13(20)17-11)18-6-9-8-5-15-3-7(8)4-16-12(9)14(18)21/h4,10,15H,1-3,5-6H2,(H,17,19,20). The van der Waals surface area contributed by atoms with Crippen LogP contribution in [0.25, 0.3) is 0 Å². The zero-order valence-electron chi connectivity index (χ0n) is 11.3. The average Bonchev–Trinajstić information content (AvgIpc) is 3.04. The third-order valence-corrected chi connectivity index (χ3v) is 4.38. The molecule has 1 unspecified atom stereocenters. The monoisotopic (exact) mass is 286 g/mol. The van der Waals surface area contributed by atoms with Gasteiger partial charge in [-0.1, -0.05) is 0 Å². The van der Waals surface area contributed by atoms with E-state index in [4.69, 9.17) is 0 Å². The molecule has 0 bridgehead atoms. The summed E-state index contributed by atoms with van der Waals surface area (Å²) in [4.78, 5) is 41.5. The quantitative estimate of drug-likeness (QED) is 0.676. The molecule has 21 heavy (non-hydrogen) atoms. The maximum atomic E-state index is 12.5. The van der Waals surface area contributed by atoms with E-state index in [1.165, 1.54) is 4.90 Å². The minimum absolute atomic E-state index is 0.214. The van der Waals surface area contributed by atoms with Gasteiger partial charge in [0, 0.05) is 37.8 Å². The highest BCUT2D eigenvalue weighted by Gasteiger charge is 2.41. The number of pyridine rings is 1. The summed E-state index contributed by atoms with van der Waals surface area (Å²) in [5.41, 5.74) is 3.61. The van der Waals surface area contributed by atoms with Crippen LogP contribution in [0.2, 0.25) is 0 Å². The van der Waals surface area contributed by atoms with Gasteiger partial charge in [0.15, 0.2) is 0 Å². The zero-order valence-corrected chi connectivity index (χ0v) is 11.3. The van der Waals surface area contributed by atoms with Crippen LogP contribution in [0.15, 0.2) is 6.20 Å². The van der Waals surface area contributed by atoms with Gasteiger partial charge in [-0.3, -0.25) is 24.7 Å². The van der Waals surface area contributed by atoms with Crippen LogP contribution in [-0.4, -0.2) is 33.6 Å². The first kappa shape index (κ1) is 12.5. The lowest BCUT2D eigenvalue weighted by atomic mass is 10.0. The van der Waals surface area contributed by atoms with Gasteiger partial charge in [-0.05, 0) is 17.5 Å². The molecular formula is C14H14N4O3. The summed E-state index contributed by atoms with van der Waals surface area (Å²) in [6, 6.07) is -0.575. The predicted molar refractivity (Wildman–Crippen MR) is 70.8 cm³/mol. The van der Waals surface area contributed by atoms with Crippen molar-refractivity contribution in [2.45, 2.75) is 38.5 Å².